The van der Waals surface area contributed by atoms with Gasteiger partial charge in [0.15, 0.2) is 11.6 Å². The van der Waals surface area contributed by atoms with Crippen molar-refractivity contribution in [3.63, 3.8) is 0 Å². The van der Waals surface area contributed by atoms with Gasteiger partial charge in [-0.2, -0.15) is 0 Å². The van der Waals surface area contributed by atoms with Crippen molar-refractivity contribution in [2.24, 2.45) is 0 Å². The molecule has 0 unspecified atom stereocenters. The van der Waals surface area contributed by atoms with E-state index in [1.54, 1.807) is 18.2 Å². The van der Waals surface area contributed by atoms with Gasteiger partial charge in [-0.25, -0.2) is 9.37 Å². The molecule has 7 heteroatoms. The molecule has 4 nitrogen and oxygen atoms in total. The zero-order valence-electron chi connectivity index (χ0n) is 9.45. The normalized spacial score (nSPS) is 10.3. The summed E-state index contributed by atoms with van der Waals surface area (Å²) in [5.41, 5.74) is 5.61. The van der Waals surface area contributed by atoms with Crippen molar-refractivity contribution in [1.29, 1.82) is 0 Å². The number of amides is 1. The first-order valence-corrected chi connectivity index (χ1v) is 6.32. The molecule has 19 heavy (non-hydrogen) atoms. The molecule has 0 atom stereocenters. The number of nitrogens with two attached hydrogens (primary N) is 1. The fraction of sp³-hybridized carbons (Fsp3) is 0. The van der Waals surface area contributed by atoms with Gasteiger partial charge in [-0.3, -0.25) is 4.79 Å². The van der Waals surface area contributed by atoms with Gasteiger partial charge in [-0.1, -0.05) is 11.6 Å². The Balaban J connectivity index is 2.28. The molecule has 0 saturated carbocycles. The summed E-state index contributed by atoms with van der Waals surface area (Å²) in [6, 6.07) is 6.09. The molecule has 0 aliphatic heterocycles. The fourth-order valence-electron chi connectivity index (χ4n) is 1.42. The van der Waals surface area contributed by atoms with Crippen molar-refractivity contribution in [3.05, 3.63) is 51.3 Å². The van der Waals surface area contributed by atoms with Crippen molar-refractivity contribution in [2.75, 3.05) is 11.1 Å². The first-order valence-electron chi connectivity index (χ1n) is 5.15. The molecule has 1 aromatic carbocycles. The van der Waals surface area contributed by atoms with Crippen LogP contribution in [0.5, 0.6) is 0 Å². The first kappa shape index (κ1) is 13.8. The van der Waals surface area contributed by atoms with Gasteiger partial charge in [-0.05, 0) is 40.2 Å². The van der Waals surface area contributed by atoms with Crippen LogP contribution in [0.3, 0.4) is 0 Å². The summed E-state index contributed by atoms with van der Waals surface area (Å²) in [5, 5.41) is 3.07. The average Bonchev–Trinajstić information content (AvgIpc) is 2.36. The van der Waals surface area contributed by atoms with Gasteiger partial charge in [0.1, 0.15) is 0 Å². The summed E-state index contributed by atoms with van der Waals surface area (Å²) >= 11 is 9.04. The highest BCUT2D eigenvalue weighted by Crippen LogP contribution is 2.26. The smallest absolute Gasteiger partial charge is 0.258 e. The van der Waals surface area contributed by atoms with E-state index in [1.165, 1.54) is 12.3 Å². The predicted octanol–water partition coefficient (Wildman–Crippen LogP) is 3.47. The lowest BCUT2D eigenvalue weighted by Gasteiger charge is -2.08. The number of anilines is 2. The lowest BCUT2D eigenvalue weighted by atomic mass is 10.2. The highest BCUT2D eigenvalue weighted by atomic mass is 79.9. The highest BCUT2D eigenvalue weighted by molar-refractivity contribution is 9.10. The molecule has 0 spiro atoms. The summed E-state index contributed by atoms with van der Waals surface area (Å²) in [4.78, 5) is 15.5. The molecule has 0 aliphatic rings. The van der Waals surface area contributed by atoms with Crippen LogP contribution in [0.25, 0.3) is 0 Å². The molecule has 0 bridgehead atoms. The van der Waals surface area contributed by atoms with Crippen LogP contribution in [-0.2, 0) is 0 Å². The standard InChI is InChI=1S/C12H8BrClFN3O/c13-8-5-6(14)1-2-9(8)18-12(19)7-3-4-17-11(16)10(7)15/h1-5H,(H2,16,17)(H,18,19). The fourth-order valence-corrected chi connectivity index (χ4v) is 2.20. The second-order valence-corrected chi connectivity index (χ2v) is 4.93. The number of nitrogens with zero attached hydrogens (tertiary/aromatic N) is 1. The average molecular weight is 345 g/mol. The number of hydrogen-bond donors (Lipinski definition) is 2. The van der Waals surface area contributed by atoms with Crippen LogP contribution in [-0.4, -0.2) is 10.9 Å². The Morgan fingerprint density at radius 3 is 2.84 bits per heavy atom. The van der Waals surface area contributed by atoms with Crippen molar-refractivity contribution >= 4 is 44.9 Å². The number of benzene rings is 1. The topological polar surface area (TPSA) is 68.0 Å². The van der Waals surface area contributed by atoms with E-state index in [1.807, 2.05) is 0 Å². The maximum absolute atomic E-state index is 13.6. The van der Waals surface area contributed by atoms with E-state index in [0.29, 0.717) is 15.2 Å². The predicted molar refractivity (Wildman–Crippen MR) is 75.7 cm³/mol. The van der Waals surface area contributed by atoms with Gasteiger partial charge in [-0.15, -0.1) is 0 Å². The van der Waals surface area contributed by atoms with Gasteiger partial charge in [0.2, 0.25) is 0 Å². The minimum atomic E-state index is -0.843. The molecule has 0 radical (unpaired) electrons. The van der Waals surface area contributed by atoms with Crippen LogP contribution < -0.4 is 11.1 Å². The van der Waals surface area contributed by atoms with Gasteiger partial charge >= 0.3 is 0 Å². The lowest BCUT2D eigenvalue weighted by molar-refractivity contribution is 0.102. The third-order valence-electron chi connectivity index (χ3n) is 2.34. The molecule has 98 valence electrons. The number of rotatable bonds is 2. The number of aromatic nitrogens is 1. The summed E-state index contributed by atoms with van der Waals surface area (Å²) in [7, 11) is 0. The van der Waals surface area contributed by atoms with Crippen LogP contribution >= 0.6 is 27.5 Å². The van der Waals surface area contributed by atoms with Crippen LogP contribution in [0.2, 0.25) is 5.02 Å². The number of halogens is 3. The van der Waals surface area contributed by atoms with Crippen molar-refractivity contribution in [1.82, 2.24) is 4.98 Å². The Hall–Kier alpha value is -1.66. The summed E-state index contributed by atoms with van der Waals surface area (Å²) in [5.74, 6) is -1.78. The molecular formula is C12H8BrClFN3O. The molecule has 0 fully saturated rings. The minimum Gasteiger partial charge on any atom is -0.381 e. The lowest BCUT2D eigenvalue weighted by Crippen LogP contribution is -2.15. The zero-order valence-corrected chi connectivity index (χ0v) is 11.8. The highest BCUT2D eigenvalue weighted by Gasteiger charge is 2.15. The van der Waals surface area contributed by atoms with Gasteiger partial charge in [0.25, 0.3) is 5.91 Å². The molecule has 3 N–H and O–H groups in total. The van der Waals surface area contributed by atoms with Gasteiger partial charge < -0.3 is 11.1 Å². The maximum Gasteiger partial charge on any atom is 0.258 e. The number of carbonyl (C=O) groups excluding carboxylic acids is 1. The molecule has 0 saturated heterocycles. The quantitative estimate of drug-likeness (QED) is 0.876. The Bertz CT molecular complexity index is 651. The third kappa shape index (κ3) is 3.02. The van der Waals surface area contributed by atoms with E-state index in [9.17, 15) is 9.18 Å². The molecule has 0 aliphatic carbocycles. The van der Waals surface area contributed by atoms with Crippen molar-refractivity contribution in [3.8, 4) is 0 Å². The summed E-state index contributed by atoms with van der Waals surface area (Å²) in [6.45, 7) is 0. The largest absolute Gasteiger partial charge is 0.381 e. The summed E-state index contributed by atoms with van der Waals surface area (Å²) < 4.78 is 14.2. The third-order valence-corrected chi connectivity index (χ3v) is 3.23. The van der Waals surface area contributed by atoms with E-state index < -0.39 is 11.7 Å². The van der Waals surface area contributed by atoms with E-state index >= 15 is 0 Å². The second kappa shape index (κ2) is 5.54. The minimum absolute atomic E-state index is 0.172. The summed E-state index contributed by atoms with van der Waals surface area (Å²) in [6.07, 6.45) is 1.27. The van der Waals surface area contributed by atoms with E-state index in [2.05, 4.69) is 26.2 Å². The molecular weight excluding hydrogens is 337 g/mol. The van der Waals surface area contributed by atoms with E-state index in [-0.39, 0.29) is 11.4 Å². The van der Waals surface area contributed by atoms with Crippen LogP contribution in [0.4, 0.5) is 15.9 Å². The number of carbonyl (C=O) groups is 1. The number of nitrogens with one attached hydrogen (secondary N) is 1. The van der Waals surface area contributed by atoms with Crippen LogP contribution in [0, 0.1) is 5.82 Å². The Labute approximate surface area is 121 Å². The zero-order chi connectivity index (χ0) is 14.0. The Morgan fingerprint density at radius 1 is 1.42 bits per heavy atom. The molecule has 2 rings (SSSR count). The molecule has 1 heterocycles. The van der Waals surface area contributed by atoms with Gasteiger partial charge in [0, 0.05) is 15.7 Å². The van der Waals surface area contributed by atoms with Crippen molar-refractivity contribution in [2.45, 2.75) is 0 Å². The second-order valence-electron chi connectivity index (χ2n) is 3.64. The van der Waals surface area contributed by atoms with Crippen LogP contribution in [0.15, 0.2) is 34.9 Å². The molecule has 1 amide bonds. The number of hydrogen-bond acceptors (Lipinski definition) is 3. The number of nitrogen functional groups attached to an aromatic ring is 1. The Morgan fingerprint density at radius 2 is 2.16 bits per heavy atom. The Kier molecular flexibility index (Phi) is 4.01. The monoisotopic (exact) mass is 343 g/mol. The number of pyridine rings is 1. The van der Waals surface area contributed by atoms with Crippen molar-refractivity contribution < 1.29 is 9.18 Å². The molecule has 2 aromatic rings. The maximum atomic E-state index is 13.6. The van der Waals surface area contributed by atoms with Gasteiger partial charge in [0.05, 0.1) is 11.3 Å². The van der Waals surface area contributed by atoms with E-state index in [0.717, 1.165) is 0 Å². The first-order chi connectivity index (χ1) is 8.99. The SMILES string of the molecule is Nc1nccc(C(=O)Nc2ccc(Cl)cc2Br)c1F. The van der Waals surface area contributed by atoms with Crippen LogP contribution in [0.1, 0.15) is 10.4 Å². The van der Waals surface area contributed by atoms with E-state index in [4.69, 9.17) is 17.3 Å². The molecule has 1 aromatic heterocycles.